The molecule has 0 heterocycles. The van der Waals surface area contributed by atoms with Crippen LogP contribution in [0.25, 0.3) is 0 Å². The molecular formula is C24H36ClNO6. The fourth-order valence-corrected chi connectivity index (χ4v) is 2.88. The first-order chi connectivity index (χ1) is 14.7. The lowest BCUT2D eigenvalue weighted by molar-refractivity contribution is -0.157. The summed E-state index contributed by atoms with van der Waals surface area (Å²) in [4.78, 5) is 36.8. The van der Waals surface area contributed by atoms with E-state index in [0.717, 1.165) is 0 Å². The molecule has 0 unspecified atom stereocenters. The van der Waals surface area contributed by atoms with E-state index >= 15 is 0 Å². The van der Waals surface area contributed by atoms with E-state index in [0.29, 0.717) is 17.2 Å². The van der Waals surface area contributed by atoms with Crippen molar-refractivity contribution in [2.45, 2.75) is 73.0 Å². The molecule has 0 spiro atoms. The maximum absolute atomic E-state index is 13.1. The molecule has 8 heteroatoms. The number of hydrogen-bond donors (Lipinski definition) is 1. The van der Waals surface area contributed by atoms with Crippen molar-refractivity contribution in [2.75, 3.05) is 13.2 Å². The zero-order valence-corrected chi connectivity index (χ0v) is 20.9. The highest BCUT2D eigenvalue weighted by molar-refractivity contribution is 6.30. The summed E-state index contributed by atoms with van der Waals surface area (Å²) >= 11 is 5.89. The molecule has 1 rings (SSSR count). The van der Waals surface area contributed by atoms with Gasteiger partial charge < -0.3 is 19.5 Å². The molecule has 0 saturated heterocycles. The molecule has 0 bridgehead atoms. The Bertz CT molecular complexity index is 764. The van der Waals surface area contributed by atoms with Gasteiger partial charge in [-0.1, -0.05) is 32.4 Å². The SMILES string of the molecule is CC(=O)OC[C@@H](NC(=O)[C@H](CCOc1ccc(Cl)cc1)CC(=O)OC(C)(C)C)C(C)(C)C. The maximum atomic E-state index is 13.1. The van der Waals surface area contributed by atoms with Crippen LogP contribution in [0.4, 0.5) is 0 Å². The van der Waals surface area contributed by atoms with Crippen LogP contribution < -0.4 is 10.1 Å². The summed E-state index contributed by atoms with van der Waals surface area (Å²) < 4.78 is 16.2. The summed E-state index contributed by atoms with van der Waals surface area (Å²) in [6.45, 7) is 12.7. The Balaban J connectivity index is 2.87. The van der Waals surface area contributed by atoms with Gasteiger partial charge in [-0.25, -0.2) is 0 Å². The molecule has 7 nitrogen and oxygen atoms in total. The van der Waals surface area contributed by atoms with Crippen LogP contribution in [0.1, 0.15) is 61.3 Å². The summed E-state index contributed by atoms with van der Waals surface area (Å²) in [5, 5.41) is 3.54. The van der Waals surface area contributed by atoms with Crippen LogP contribution in [0.15, 0.2) is 24.3 Å². The molecular weight excluding hydrogens is 434 g/mol. The van der Waals surface area contributed by atoms with Crippen molar-refractivity contribution in [3.63, 3.8) is 0 Å². The highest BCUT2D eigenvalue weighted by Gasteiger charge is 2.32. The van der Waals surface area contributed by atoms with Crippen molar-refractivity contribution < 1.29 is 28.6 Å². The summed E-state index contributed by atoms with van der Waals surface area (Å²) in [7, 11) is 0. The number of hydrogen-bond acceptors (Lipinski definition) is 6. The topological polar surface area (TPSA) is 90.9 Å². The highest BCUT2D eigenvalue weighted by Crippen LogP contribution is 2.22. The number of carbonyl (C=O) groups excluding carboxylic acids is 3. The molecule has 0 fully saturated rings. The van der Waals surface area contributed by atoms with Crippen molar-refractivity contribution in [3.8, 4) is 5.75 Å². The van der Waals surface area contributed by atoms with E-state index in [-0.39, 0.29) is 31.0 Å². The van der Waals surface area contributed by atoms with Gasteiger partial charge in [0.2, 0.25) is 5.91 Å². The second-order valence-electron chi connectivity index (χ2n) is 9.81. The van der Waals surface area contributed by atoms with Gasteiger partial charge in [0.25, 0.3) is 0 Å². The van der Waals surface area contributed by atoms with Crippen molar-refractivity contribution in [1.82, 2.24) is 5.32 Å². The van der Waals surface area contributed by atoms with Crippen LogP contribution in [-0.2, 0) is 23.9 Å². The van der Waals surface area contributed by atoms with Gasteiger partial charge in [-0.2, -0.15) is 0 Å². The van der Waals surface area contributed by atoms with Crippen LogP contribution in [0.5, 0.6) is 5.75 Å². The first kappa shape index (κ1) is 27.8. The lowest BCUT2D eigenvalue weighted by atomic mass is 9.86. The molecule has 1 aromatic rings. The molecule has 180 valence electrons. The molecule has 2 atom stereocenters. The Morgan fingerprint density at radius 3 is 2.12 bits per heavy atom. The molecule has 0 radical (unpaired) electrons. The van der Waals surface area contributed by atoms with E-state index < -0.39 is 29.5 Å². The molecule has 32 heavy (non-hydrogen) atoms. The standard InChI is InChI=1S/C24H36ClNO6/c1-16(27)31-15-20(23(2,3)4)26-22(29)17(14-21(28)32-24(5,6)7)12-13-30-19-10-8-18(25)9-11-19/h8-11,17,20H,12-15H2,1-7H3,(H,26,29)/t17-,20-/m1/s1. The number of rotatable bonds is 10. The van der Waals surface area contributed by atoms with Crippen molar-refractivity contribution in [2.24, 2.45) is 11.3 Å². The van der Waals surface area contributed by atoms with Gasteiger partial charge in [0.05, 0.1) is 25.0 Å². The smallest absolute Gasteiger partial charge is 0.307 e. The third-order valence-corrected chi connectivity index (χ3v) is 4.82. The molecule has 0 saturated carbocycles. The largest absolute Gasteiger partial charge is 0.494 e. The van der Waals surface area contributed by atoms with E-state index in [4.69, 9.17) is 25.8 Å². The van der Waals surface area contributed by atoms with Gasteiger partial charge in [-0.3, -0.25) is 14.4 Å². The first-order valence-electron chi connectivity index (χ1n) is 10.7. The van der Waals surface area contributed by atoms with Gasteiger partial charge >= 0.3 is 11.9 Å². The Labute approximate surface area is 196 Å². The number of ether oxygens (including phenoxy) is 3. The van der Waals surface area contributed by atoms with Crippen molar-refractivity contribution in [1.29, 1.82) is 0 Å². The number of nitrogens with one attached hydrogen (secondary N) is 1. The molecule has 0 aromatic heterocycles. The van der Waals surface area contributed by atoms with Gasteiger partial charge in [0.15, 0.2) is 0 Å². The minimum absolute atomic E-state index is 0.0466. The fourth-order valence-electron chi connectivity index (χ4n) is 2.76. The Hall–Kier alpha value is -2.28. The quantitative estimate of drug-likeness (QED) is 0.505. The second kappa shape index (κ2) is 12.1. The van der Waals surface area contributed by atoms with E-state index in [2.05, 4.69) is 5.32 Å². The summed E-state index contributed by atoms with van der Waals surface area (Å²) in [6.07, 6.45) is 0.218. The van der Waals surface area contributed by atoms with E-state index in [1.54, 1.807) is 45.0 Å². The van der Waals surface area contributed by atoms with Crippen molar-refractivity contribution in [3.05, 3.63) is 29.3 Å². The second-order valence-corrected chi connectivity index (χ2v) is 10.2. The van der Waals surface area contributed by atoms with E-state index in [1.165, 1.54) is 6.92 Å². The number of esters is 2. The average molecular weight is 470 g/mol. The van der Waals surface area contributed by atoms with Crippen LogP contribution in [0.2, 0.25) is 5.02 Å². The van der Waals surface area contributed by atoms with Crippen LogP contribution in [0, 0.1) is 11.3 Å². The number of halogens is 1. The third-order valence-electron chi connectivity index (χ3n) is 4.57. The Morgan fingerprint density at radius 2 is 1.62 bits per heavy atom. The molecule has 0 aliphatic carbocycles. The van der Waals surface area contributed by atoms with Gasteiger partial charge in [0.1, 0.15) is 18.0 Å². The van der Waals surface area contributed by atoms with E-state index in [1.807, 2.05) is 20.8 Å². The number of amides is 1. The monoisotopic (exact) mass is 469 g/mol. The lowest BCUT2D eigenvalue weighted by Crippen LogP contribution is -2.49. The number of carbonyl (C=O) groups is 3. The molecule has 1 N–H and O–H groups in total. The van der Waals surface area contributed by atoms with Gasteiger partial charge in [-0.15, -0.1) is 0 Å². The Kier molecular flexibility index (Phi) is 10.5. The van der Waals surface area contributed by atoms with Gasteiger partial charge in [0, 0.05) is 11.9 Å². The maximum Gasteiger partial charge on any atom is 0.307 e. The van der Waals surface area contributed by atoms with Gasteiger partial charge in [-0.05, 0) is 56.9 Å². The predicted octanol–water partition coefficient (Wildman–Crippen LogP) is 4.55. The zero-order chi connectivity index (χ0) is 24.5. The number of benzene rings is 1. The normalized spacial score (nSPS) is 13.6. The molecule has 0 aliphatic rings. The van der Waals surface area contributed by atoms with Crippen LogP contribution in [0.3, 0.4) is 0 Å². The molecule has 0 aliphatic heterocycles. The van der Waals surface area contributed by atoms with Crippen molar-refractivity contribution >= 4 is 29.4 Å². The van der Waals surface area contributed by atoms with E-state index in [9.17, 15) is 14.4 Å². The summed E-state index contributed by atoms with van der Waals surface area (Å²) in [5.41, 5.74) is -1.01. The summed E-state index contributed by atoms with van der Waals surface area (Å²) in [6, 6.07) is 6.48. The first-order valence-corrected chi connectivity index (χ1v) is 11.1. The molecule has 1 amide bonds. The highest BCUT2D eigenvalue weighted by atomic mass is 35.5. The average Bonchev–Trinajstić information content (AvgIpc) is 2.63. The van der Waals surface area contributed by atoms with Crippen LogP contribution in [-0.4, -0.2) is 42.7 Å². The lowest BCUT2D eigenvalue weighted by Gasteiger charge is -2.32. The zero-order valence-electron chi connectivity index (χ0n) is 20.1. The van der Waals surface area contributed by atoms with Crippen LogP contribution >= 0.6 is 11.6 Å². The fraction of sp³-hybridized carbons (Fsp3) is 0.625. The predicted molar refractivity (Wildman–Crippen MR) is 124 cm³/mol. The third kappa shape index (κ3) is 11.4. The Morgan fingerprint density at radius 1 is 1.03 bits per heavy atom. The summed E-state index contributed by atoms with van der Waals surface area (Å²) in [5.74, 6) is -1.25. The minimum Gasteiger partial charge on any atom is -0.494 e. The molecule has 1 aromatic carbocycles. The minimum atomic E-state index is -0.667.